The van der Waals surface area contributed by atoms with Crippen LogP contribution in [0.5, 0.6) is 0 Å². The highest BCUT2D eigenvalue weighted by molar-refractivity contribution is 5.96. The molecule has 1 aromatic rings. The van der Waals surface area contributed by atoms with Gasteiger partial charge in [-0.2, -0.15) is 0 Å². The normalized spacial score (nSPS) is 28.4. The number of nitrogen functional groups attached to an aromatic ring is 1. The Kier molecular flexibility index (Phi) is 3.79. The Balaban J connectivity index is 1.71. The number of ether oxygens (including phenoxy) is 1. The lowest BCUT2D eigenvalue weighted by Gasteiger charge is -2.29. The Labute approximate surface area is 126 Å². The third kappa shape index (κ3) is 2.71. The largest absolute Gasteiger partial charge is 0.465 e. The molecule has 4 heteroatoms. The van der Waals surface area contributed by atoms with E-state index in [4.69, 9.17) is 10.5 Å². The fourth-order valence-electron chi connectivity index (χ4n) is 4.21. The third-order valence-corrected chi connectivity index (χ3v) is 5.29. The number of rotatable bonds is 4. The molecule has 3 N–H and O–H groups in total. The number of anilines is 2. The summed E-state index contributed by atoms with van der Waals surface area (Å²) >= 11 is 0. The number of carbonyl (C=O) groups is 1. The molecule has 0 saturated heterocycles. The molecule has 2 aliphatic rings. The van der Waals surface area contributed by atoms with E-state index in [9.17, 15) is 4.79 Å². The zero-order valence-corrected chi connectivity index (χ0v) is 12.8. The Morgan fingerprint density at radius 2 is 2.19 bits per heavy atom. The predicted molar refractivity (Wildman–Crippen MR) is 84.2 cm³/mol. The van der Waals surface area contributed by atoms with Crippen LogP contribution in [0.4, 0.5) is 11.4 Å². The minimum atomic E-state index is -0.385. The lowest BCUT2D eigenvalue weighted by Crippen LogP contribution is -2.30. The Morgan fingerprint density at radius 1 is 1.38 bits per heavy atom. The highest BCUT2D eigenvalue weighted by Crippen LogP contribution is 2.49. The van der Waals surface area contributed by atoms with Crippen molar-refractivity contribution in [2.75, 3.05) is 18.2 Å². The summed E-state index contributed by atoms with van der Waals surface area (Å²) in [7, 11) is 1.37. The van der Waals surface area contributed by atoms with Gasteiger partial charge in [0.15, 0.2) is 0 Å². The minimum absolute atomic E-state index is 0.385. The van der Waals surface area contributed by atoms with E-state index >= 15 is 0 Å². The van der Waals surface area contributed by atoms with Gasteiger partial charge in [-0.25, -0.2) is 4.79 Å². The van der Waals surface area contributed by atoms with Gasteiger partial charge in [-0.3, -0.25) is 0 Å². The standard InChI is InChI=1S/C17H24N2O2/c1-10(14-8-11-3-4-12(14)7-11)19-13-5-6-16(18)15(9-13)17(20)21-2/h5-6,9-12,14,19H,3-4,7-8,18H2,1-2H3. The van der Waals surface area contributed by atoms with Gasteiger partial charge in [-0.1, -0.05) is 6.42 Å². The summed E-state index contributed by atoms with van der Waals surface area (Å²) in [5.41, 5.74) is 7.68. The molecule has 0 radical (unpaired) electrons. The van der Waals surface area contributed by atoms with E-state index in [2.05, 4.69) is 12.2 Å². The van der Waals surface area contributed by atoms with Crippen LogP contribution in [0.2, 0.25) is 0 Å². The fourth-order valence-corrected chi connectivity index (χ4v) is 4.21. The Morgan fingerprint density at radius 3 is 2.81 bits per heavy atom. The second kappa shape index (κ2) is 5.58. The first-order valence-corrected chi connectivity index (χ1v) is 7.83. The Hall–Kier alpha value is -1.71. The third-order valence-electron chi connectivity index (χ3n) is 5.29. The molecule has 4 unspecified atom stereocenters. The maximum Gasteiger partial charge on any atom is 0.340 e. The van der Waals surface area contributed by atoms with Gasteiger partial charge >= 0.3 is 5.97 Å². The lowest BCUT2D eigenvalue weighted by molar-refractivity contribution is 0.0602. The first-order chi connectivity index (χ1) is 10.1. The zero-order chi connectivity index (χ0) is 15.0. The fraction of sp³-hybridized carbons (Fsp3) is 0.588. The quantitative estimate of drug-likeness (QED) is 0.659. The average Bonchev–Trinajstić information content (AvgIpc) is 3.11. The van der Waals surface area contributed by atoms with Crippen molar-refractivity contribution in [3.05, 3.63) is 23.8 Å². The summed E-state index contributed by atoms with van der Waals surface area (Å²) in [5.74, 6) is 2.19. The van der Waals surface area contributed by atoms with E-state index in [1.807, 2.05) is 6.07 Å². The molecule has 21 heavy (non-hydrogen) atoms. The molecule has 2 bridgehead atoms. The SMILES string of the molecule is COC(=O)c1cc(NC(C)C2CC3CCC2C3)ccc1N. The van der Waals surface area contributed by atoms with Gasteiger partial charge in [0.05, 0.1) is 12.7 Å². The first-order valence-electron chi connectivity index (χ1n) is 7.83. The first kappa shape index (κ1) is 14.2. The molecule has 0 amide bonds. The number of esters is 1. The van der Waals surface area contributed by atoms with E-state index in [-0.39, 0.29) is 5.97 Å². The van der Waals surface area contributed by atoms with E-state index in [0.717, 1.165) is 23.4 Å². The van der Waals surface area contributed by atoms with Crippen LogP contribution in [-0.4, -0.2) is 19.1 Å². The summed E-state index contributed by atoms with van der Waals surface area (Å²) in [6.45, 7) is 2.25. The van der Waals surface area contributed by atoms with E-state index in [0.29, 0.717) is 17.3 Å². The molecule has 0 aliphatic heterocycles. The van der Waals surface area contributed by atoms with Gasteiger partial charge in [0.2, 0.25) is 0 Å². The molecule has 1 aromatic carbocycles. The summed E-state index contributed by atoms with van der Waals surface area (Å²) in [4.78, 5) is 11.7. The molecule has 0 heterocycles. The second-order valence-corrected chi connectivity index (χ2v) is 6.57. The van der Waals surface area contributed by atoms with Crippen LogP contribution >= 0.6 is 0 Å². The second-order valence-electron chi connectivity index (χ2n) is 6.57. The van der Waals surface area contributed by atoms with Crippen LogP contribution in [0, 0.1) is 17.8 Å². The van der Waals surface area contributed by atoms with Crippen molar-refractivity contribution in [3.8, 4) is 0 Å². The van der Waals surface area contributed by atoms with Gasteiger partial charge in [0.25, 0.3) is 0 Å². The van der Waals surface area contributed by atoms with Crippen molar-refractivity contribution in [1.82, 2.24) is 0 Å². The maximum absolute atomic E-state index is 11.7. The van der Waals surface area contributed by atoms with Crippen molar-refractivity contribution in [2.24, 2.45) is 17.8 Å². The molecular weight excluding hydrogens is 264 g/mol. The van der Waals surface area contributed by atoms with Gasteiger partial charge < -0.3 is 15.8 Å². The number of fused-ring (bicyclic) bond motifs is 2. The van der Waals surface area contributed by atoms with E-state index in [1.54, 1.807) is 12.1 Å². The molecule has 4 atom stereocenters. The van der Waals surface area contributed by atoms with Crippen LogP contribution in [0.15, 0.2) is 18.2 Å². The van der Waals surface area contributed by atoms with Crippen LogP contribution < -0.4 is 11.1 Å². The van der Waals surface area contributed by atoms with Crippen molar-refractivity contribution >= 4 is 17.3 Å². The van der Waals surface area contributed by atoms with E-state index in [1.165, 1.54) is 32.8 Å². The molecule has 0 aromatic heterocycles. The van der Waals surface area contributed by atoms with Crippen LogP contribution in [-0.2, 0) is 4.74 Å². The maximum atomic E-state index is 11.7. The molecule has 114 valence electrons. The number of nitrogens with one attached hydrogen (secondary N) is 1. The van der Waals surface area contributed by atoms with Gasteiger partial charge in [0.1, 0.15) is 0 Å². The molecule has 0 spiro atoms. The van der Waals surface area contributed by atoms with Gasteiger partial charge in [0, 0.05) is 17.4 Å². The molecule has 2 fully saturated rings. The highest BCUT2D eigenvalue weighted by Gasteiger charge is 2.41. The molecular formula is C17H24N2O2. The summed E-state index contributed by atoms with van der Waals surface area (Å²) in [6.07, 6.45) is 5.56. The van der Waals surface area contributed by atoms with Crippen LogP contribution in [0.25, 0.3) is 0 Å². The van der Waals surface area contributed by atoms with Crippen LogP contribution in [0.1, 0.15) is 43.0 Å². The summed E-state index contributed by atoms with van der Waals surface area (Å²) in [5, 5.41) is 3.55. The minimum Gasteiger partial charge on any atom is -0.465 e. The molecule has 4 nitrogen and oxygen atoms in total. The van der Waals surface area contributed by atoms with Gasteiger partial charge in [-0.15, -0.1) is 0 Å². The predicted octanol–water partition coefficient (Wildman–Crippen LogP) is 3.29. The number of carbonyl (C=O) groups excluding carboxylic acids is 1. The summed E-state index contributed by atoms with van der Waals surface area (Å²) < 4.78 is 4.77. The van der Waals surface area contributed by atoms with Gasteiger partial charge in [-0.05, 0) is 62.1 Å². The van der Waals surface area contributed by atoms with Crippen LogP contribution in [0.3, 0.4) is 0 Å². The van der Waals surface area contributed by atoms with Crippen molar-refractivity contribution in [2.45, 2.75) is 38.6 Å². The smallest absolute Gasteiger partial charge is 0.340 e. The molecule has 3 rings (SSSR count). The number of methoxy groups -OCH3 is 1. The zero-order valence-electron chi connectivity index (χ0n) is 12.8. The Bertz CT molecular complexity index is 544. The van der Waals surface area contributed by atoms with Crippen molar-refractivity contribution in [3.63, 3.8) is 0 Å². The highest BCUT2D eigenvalue weighted by atomic mass is 16.5. The van der Waals surface area contributed by atoms with Crippen molar-refractivity contribution in [1.29, 1.82) is 0 Å². The van der Waals surface area contributed by atoms with Crippen molar-refractivity contribution < 1.29 is 9.53 Å². The summed E-state index contributed by atoms with van der Waals surface area (Å²) in [6, 6.07) is 5.92. The lowest BCUT2D eigenvalue weighted by atomic mass is 9.84. The van der Waals surface area contributed by atoms with E-state index < -0.39 is 0 Å². The monoisotopic (exact) mass is 288 g/mol. The number of benzene rings is 1. The topological polar surface area (TPSA) is 64.3 Å². The number of hydrogen-bond acceptors (Lipinski definition) is 4. The number of hydrogen-bond donors (Lipinski definition) is 2. The average molecular weight is 288 g/mol. The number of nitrogens with two attached hydrogens (primary N) is 1. The molecule has 2 saturated carbocycles. The molecule has 2 aliphatic carbocycles.